The zero-order valence-electron chi connectivity index (χ0n) is 26.6. The van der Waals surface area contributed by atoms with Gasteiger partial charge in [-0.05, 0) is 58.2 Å². The van der Waals surface area contributed by atoms with Gasteiger partial charge in [-0.25, -0.2) is 0 Å². The molecule has 0 saturated carbocycles. The normalized spacial score (nSPS) is 25.3. The van der Waals surface area contributed by atoms with E-state index in [-0.39, 0.29) is 92.8 Å². The number of methoxy groups -OCH3 is 1. The van der Waals surface area contributed by atoms with Crippen LogP contribution < -0.4 is 24.8 Å². The van der Waals surface area contributed by atoms with Crippen molar-refractivity contribution in [3.8, 4) is 28.7 Å². The van der Waals surface area contributed by atoms with Gasteiger partial charge in [-0.3, -0.25) is 19.4 Å². The van der Waals surface area contributed by atoms with Crippen molar-refractivity contribution in [1.82, 2.24) is 20.4 Å². The number of nitrogens with one attached hydrogen (secondary N) is 2. The van der Waals surface area contributed by atoms with Crippen molar-refractivity contribution in [1.29, 1.82) is 0 Å². The molecule has 4 heterocycles. The molecule has 2 aromatic carbocycles. The van der Waals surface area contributed by atoms with Gasteiger partial charge in [0.15, 0.2) is 23.0 Å². The van der Waals surface area contributed by atoms with Gasteiger partial charge in [-0.1, -0.05) is 13.0 Å². The van der Waals surface area contributed by atoms with Gasteiger partial charge in [0.25, 0.3) is 0 Å². The average Bonchev–Trinajstić information content (AvgIpc) is 3.47. The predicted octanol–water partition coefficient (Wildman–Crippen LogP) is 2.07. The Morgan fingerprint density at radius 1 is 1.11 bits per heavy atom. The van der Waals surface area contributed by atoms with Crippen LogP contribution in [0.3, 0.4) is 0 Å². The number of benzene rings is 2. The molecule has 4 aliphatic heterocycles. The first-order valence-electron chi connectivity index (χ1n) is 15.3. The average molecular weight is 838 g/mol. The number of aromatic hydroxyl groups is 2. The molecule has 1 saturated heterocycles. The quantitative estimate of drug-likeness (QED) is 0.281. The maximum absolute atomic E-state index is 13.2. The van der Waals surface area contributed by atoms with Crippen LogP contribution >= 0.6 is 0 Å². The molecule has 1 fully saturated rings. The third-order valence-corrected chi connectivity index (χ3v) is 9.84. The Labute approximate surface area is 298 Å². The number of carbonyl (C=O) groups is 2. The Balaban J connectivity index is 0.00000400. The van der Waals surface area contributed by atoms with E-state index < -0.39 is 24.4 Å². The first-order valence-corrected chi connectivity index (χ1v) is 15.3. The maximum Gasteiger partial charge on any atom is 0.242 e. The van der Waals surface area contributed by atoms with E-state index in [0.29, 0.717) is 59.6 Å². The molecule has 12 nitrogen and oxygen atoms in total. The Bertz CT molecular complexity index is 1520. The number of phenolic OH excluding ortho intramolecular Hbond substituents is 2. The van der Waals surface area contributed by atoms with Gasteiger partial charge in [0.05, 0.1) is 25.2 Å². The summed E-state index contributed by atoms with van der Waals surface area (Å²) in [5, 5.41) is 40.8. The molecule has 0 aromatic heterocycles. The molecule has 13 heteroatoms. The largest absolute Gasteiger partial charge is 0.507 e. The number of piperazine rings is 1. The van der Waals surface area contributed by atoms with Gasteiger partial charge in [0, 0.05) is 85.3 Å². The summed E-state index contributed by atoms with van der Waals surface area (Å²) < 4.78 is 17.3. The molecule has 2 amide bonds. The zero-order valence-corrected chi connectivity index (χ0v) is 31.4. The Hall–Kier alpha value is -2.30. The number of hydrogen-bond donors (Lipinski definition) is 5. The number of nitrogens with zero attached hydrogens (tertiary/aromatic N) is 2. The van der Waals surface area contributed by atoms with Crippen LogP contribution in [0.2, 0.25) is 0 Å². The van der Waals surface area contributed by atoms with Crippen LogP contribution in [-0.2, 0) is 22.4 Å². The van der Waals surface area contributed by atoms with Gasteiger partial charge < -0.3 is 40.2 Å². The van der Waals surface area contributed by atoms with Crippen molar-refractivity contribution >= 4 is 11.8 Å². The summed E-state index contributed by atoms with van der Waals surface area (Å²) >= 11 is 0. The second-order valence-electron chi connectivity index (χ2n) is 12.4. The Morgan fingerprint density at radius 3 is 2.51 bits per heavy atom. The molecule has 0 aliphatic carbocycles. The number of amides is 2. The van der Waals surface area contributed by atoms with Crippen LogP contribution in [0.5, 0.6) is 28.7 Å². The predicted molar refractivity (Wildman–Crippen MR) is 160 cm³/mol. The second-order valence-corrected chi connectivity index (χ2v) is 12.4. The van der Waals surface area contributed by atoms with E-state index in [9.17, 15) is 24.9 Å². The number of ether oxygens (including phenoxy) is 3. The number of carbonyl (C=O) groups excluding carboxylic acids is 2. The third kappa shape index (κ3) is 5.46. The number of likely N-dealkylation sites (N-methyl/N-ethyl adjacent to an activating group) is 1. The minimum atomic E-state index is -0.947. The van der Waals surface area contributed by atoms with Crippen molar-refractivity contribution < 1.29 is 83.2 Å². The standard InChI is InChI=1S/C32H42N4O8.Ac/c1-7-8-22(37)34-16(4)31(40)33-12-21-24-18(26(38)15(3)29-30(24)44-13-43-29)11-19-25-23-17(9-14(2)28(42-6)27(23)39)10-20(35(25)5)32(41)36(19)21;/h9,16,19-21,25,32,38-39,41H,7-8,10-13H2,1-6H3,(H,33,40)(H,34,37);/t16-,19?,20-,21-,25-,32-;/m0./s1. The third-order valence-electron chi connectivity index (χ3n) is 9.84. The summed E-state index contributed by atoms with van der Waals surface area (Å²) in [6.07, 6.45) is 0.892. The summed E-state index contributed by atoms with van der Waals surface area (Å²) in [4.78, 5) is 29.5. The number of aryl methyl sites for hydroxylation is 1. The van der Waals surface area contributed by atoms with Crippen molar-refractivity contribution in [2.75, 3.05) is 27.5 Å². The number of phenols is 2. The maximum atomic E-state index is 13.2. The minimum absolute atomic E-state index is 0. The Kier molecular flexibility index (Phi) is 9.89. The summed E-state index contributed by atoms with van der Waals surface area (Å²) in [6.45, 7) is 7.26. The summed E-state index contributed by atoms with van der Waals surface area (Å²) in [7, 11) is 3.48. The molecular weight excluding hydrogens is 795 g/mol. The van der Waals surface area contributed by atoms with E-state index in [0.717, 1.165) is 16.7 Å². The Morgan fingerprint density at radius 2 is 1.82 bits per heavy atom. The molecule has 2 bridgehead atoms. The van der Waals surface area contributed by atoms with E-state index in [1.165, 1.54) is 7.11 Å². The number of hydrogen-bond acceptors (Lipinski definition) is 10. The van der Waals surface area contributed by atoms with Crippen LogP contribution in [0.15, 0.2) is 6.07 Å². The molecule has 45 heavy (non-hydrogen) atoms. The fourth-order valence-electron chi connectivity index (χ4n) is 7.81. The van der Waals surface area contributed by atoms with Crippen LogP contribution in [0.1, 0.15) is 72.2 Å². The molecule has 0 spiro atoms. The number of aliphatic hydroxyl groups is 1. The monoisotopic (exact) mass is 837 g/mol. The van der Waals surface area contributed by atoms with E-state index in [1.807, 2.05) is 31.9 Å². The first kappa shape index (κ1) is 34.0. The molecule has 6 rings (SSSR count). The van der Waals surface area contributed by atoms with Crippen LogP contribution in [-0.4, -0.2) is 88.8 Å². The van der Waals surface area contributed by atoms with Gasteiger partial charge in [-0.2, -0.15) is 0 Å². The molecule has 4 aliphatic rings. The van der Waals surface area contributed by atoms with Crippen molar-refractivity contribution in [3.05, 3.63) is 39.4 Å². The molecule has 1 radical (unpaired) electrons. The number of rotatable bonds is 7. The zero-order chi connectivity index (χ0) is 31.6. The number of fused-ring (bicyclic) bond motifs is 9. The molecule has 1 unspecified atom stereocenters. The number of aliphatic hydroxyl groups excluding tert-OH is 1. The molecule has 2 aromatic rings. The van der Waals surface area contributed by atoms with E-state index in [1.54, 1.807) is 13.8 Å². The molecular formula is C32H42AcN4O8. The van der Waals surface area contributed by atoms with Gasteiger partial charge in [0.1, 0.15) is 18.0 Å². The van der Waals surface area contributed by atoms with Gasteiger partial charge in [-0.15, -0.1) is 0 Å². The van der Waals surface area contributed by atoms with Crippen molar-refractivity contribution in [2.45, 2.75) is 89.8 Å². The molecule has 5 N–H and O–H groups in total. The summed E-state index contributed by atoms with van der Waals surface area (Å²) in [6, 6.07) is -0.423. The minimum Gasteiger partial charge on any atom is -0.507 e. The fraction of sp³-hybridized carbons (Fsp3) is 0.562. The SMILES string of the molecule is CCCC(=O)N[C@@H](C)C(=O)NC[C@H]1c2c(c(O)c(C)c3c2OCO3)CC2[C@H]3c4c(cc(C)c(OC)c4O)C[C@@H]([C@H](O)N21)N3C.[Ac]. The van der Waals surface area contributed by atoms with Crippen molar-refractivity contribution in [2.24, 2.45) is 0 Å². The van der Waals surface area contributed by atoms with Gasteiger partial charge >= 0.3 is 0 Å². The molecule has 241 valence electrons. The van der Waals surface area contributed by atoms with Gasteiger partial charge in [0.2, 0.25) is 18.6 Å². The van der Waals surface area contributed by atoms with Crippen molar-refractivity contribution in [3.63, 3.8) is 0 Å². The van der Waals surface area contributed by atoms with E-state index in [4.69, 9.17) is 14.2 Å². The van der Waals surface area contributed by atoms with Crippen LogP contribution in [0.25, 0.3) is 0 Å². The molecule has 6 atom stereocenters. The first-order chi connectivity index (χ1) is 21.0. The second kappa shape index (κ2) is 13.1. The summed E-state index contributed by atoms with van der Waals surface area (Å²) in [5.41, 5.74) is 4.38. The van der Waals surface area contributed by atoms with Crippen LogP contribution in [0.4, 0.5) is 0 Å². The van der Waals surface area contributed by atoms with E-state index >= 15 is 0 Å². The fourth-order valence-corrected chi connectivity index (χ4v) is 7.81. The topological polar surface area (TPSA) is 153 Å². The summed E-state index contributed by atoms with van der Waals surface area (Å²) in [5.74, 6) is 0.949. The van der Waals surface area contributed by atoms with E-state index in [2.05, 4.69) is 15.5 Å². The van der Waals surface area contributed by atoms with Crippen LogP contribution in [0, 0.1) is 57.9 Å². The smallest absolute Gasteiger partial charge is 0.242 e.